The van der Waals surface area contributed by atoms with Gasteiger partial charge < -0.3 is 10.1 Å². The fraction of sp³-hybridized carbons (Fsp3) is 0.278. The van der Waals surface area contributed by atoms with Crippen LogP contribution in [0, 0.1) is 0 Å². The predicted octanol–water partition coefficient (Wildman–Crippen LogP) is 4.59. The second-order valence-electron chi connectivity index (χ2n) is 4.99. The Morgan fingerprint density at radius 3 is 2.45 bits per heavy atom. The largest absolute Gasteiger partial charge is 0.483 e. The number of rotatable bonds is 6. The van der Waals surface area contributed by atoms with Crippen molar-refractivity contribution in [2.24, 2.45) is 0 Å². The number of halogens is 1. The summed E-state index contributed by atoms with van der Waals surface area (Å²) < 4.78 is 6.64. The van der Waals surface area contributed by atoms with E-state index in [2.05, 4.69) is 35.1 Å². The van der Waals surface area contributed by atoms with Crippen LogP contribution in [0.4, 0.5) is 5.69 Å². The summed E-state index contributed by atoms with van der Waals surface area (Å²) >= 11 is 3.44. The first-order valence-corrected chi connectivity index (χ1v) is 8.21. The molecule has 3 nitrogen and oxygen atoms in total. The van der Waals surface area contributed by atoms with Crippen LogP contribution in [-0.2, 0) is 17.6 Å². The Morgan fingerprint density at radius 1 is 1.09 bits per heavy atom. The molecule has 116 valence electrons. The molecule has 0 saturated heterocycles. The molecule has 0 saturated carbocycles. The molecule has 0 unspecified atom stereocenters. The number of anilines is 1. The molecular weight excluding hydrogens is 342 g/mol. The number of ether oxygens (including phenoxy) is 1. The third-order valence-corrected chi connectivity index (χ3v) is 3.90. The van der Waals surface area contributed by atoms with Gasteiger partial charge in [-0.3, -0.25) is 4.79 Å². The molecule has 1 amide bonds. The van der Waals surface area contributed by atoms with Crippen LogP contribution in [0.5, 0.6) is 5.75 Å². The summed E-state index contributed by atoms with van der Waals surface area (Å²) in [5.74, 6) is 0.594. The van der Waals surface area contributed by atoms with Gasteiger partial charge in [0.2, 0.25) is 0 Å². The minimum atomic E-state index is -0.158. The van der Waals surface area contributed by atoms with Crippen molar-refractivity contribution in [3.63, 3.8) is 0 Å². The molecule has 2 aromatic rings. The Labute approximate surface area is 139 Å². The van der Waals surface area contributed by atoms with Crippen LogP contribution in [-0.4, -0.2) is 12.5 Å². The fourth-order valence-electron chi connectivity index (χ4n) is 2.13. The van der Waals surface area contributed by atoms with E-state index >= 15 is 0 Å². The quantitative estimate of drug-likeness (QED) is 0.816. The Bertz CT molecular complexity index is 638. The minimum absolute atomic E-state index is 0.00413. The van der Waals surface area contributed by atoms with E-state index in [0.29, 0.717) is 0 Å². The van der Waals surface area contributed by atoms with Crippen molar-refractivity contribution in [2.45, 2.75) is 26.7 Å². The number of hydrogen-bond acceptors (Lipinski definition) is 2. The molecule has 0 bridgehead atoms. The third kappa shape index (κ3) is 4.60. The van der Waals surface area contributed by atoms with Crippen molar-refractivity contribution in [3.8, 4) is 5.75 Å². The van der Waals surface area contributed by atoms with Gasteiger partial charge in [-0.15, -0.1) is 0 Å². The van der Waals surface area contributed by atoms with Crippen molar-refractivity contribution in [1.29, 1.82) is 0 Å². The van der Waals surface area contributed by atoms with E-state index in [0.717, 1.165) is 34.3 Å². The standard InChI is InChI=1S/C18H20BrNO2/c1-3-13-5-8-16(9-6-13)20-18(21)12-22-17-10-7-15(19)11-14(17)4-2/h5-11H,3-4,12H2,1-2H3,(H,20,21). The van der Waals surface area contributed by atoms with Gasteiger partial charge in [0.25, 0.3) is 5.91 Å². The number of carbonyl (C=O) groups is 1. The molecule has 4 heteroatoms. The topological polar surface area (TPSA) is 38.3 Å². The van der Waals surface area contributed by atoms with E-state index in [-0.39, 0.29) is 12.5 Å². The number of aryl methyl sites for hydroxylation is 2. The van der Waals surface area contributed by atoms with Crippen LogP contribution < -0.4 is 10.1 Å². The zero-order chi connectivity index (χ0) is 15.9. The summed E-state index contributed by atoms with van der Waals surface area (Å²) in [6, 6.07) is 13.7. The highest BCUT2D eigenvalue weighted by molar-refractivity contribution is 9.10. The molecule has 0 atom stereocenters. The lowest BCUT2D eigenvalue weighted by molar-refractivity contribution is -0.118. The highest BCUT2D eigenvalue weighted by atomic mass is 79.9. The van der Waals surface area contributed by atoms with Gasteiger partial charge in [-0.2, -0.15) is 0 Å². The Balaban J connectivity index is 1.92. The molecule has 0 aromatic heterocycles. The summed E-state index contributed by atoms with van der Waals surface area (Å²) in [7, 11) is 0. The number of nitrogens with one attached hydrogen (secondary N) is 1. The van der Waals surface area contributed by atoms with Gasteiger partial charge in [0.15, 0.2) is 6.61 Å². The highest BCUT2D eigenvalue weighted by Crippen LogP contribution is 2.23. The lowest BCUT2D eigenvalue weighted by Crippen LogP contribution is -2.20. The van der Waals surface area contributed by atoms with Gasteiger partial charge in [0, 0.05) is 10.2 Å². The smallest absolute Gasteiger partial charge is 0.262 e. The fourth-order valence-corrected chi connectivity index (χ4v) is 2.54. The van der Waals surface area contributed by atoms with Gasteiger partial charge in [0.1, 0.15) is 5.75 Å². The first-order valence-electron chi connectivity index (χ1n) is 7.42. The van der Waals surface area contributed by atoms with Crippen molar-refractivity contribution >= 4 is 27.5 Å². The zero-order valence-electron chi connectivity index (χ0n) is 12.9. The van der Waals surface area contributed by atoms with Crippen LogP contribution >= 0.6 is 15.9 Å². The van der Waals surface area contributed by atoms with E-state index in [9.17, 15) is 4.79 Å². The summed E-state index contributed by atoms with van der Waals surface area (Å²) in [5.41, 5.74) is 3.11. The van der Waals surface area contributed by atoms with Gasteiger partial charge in [0.05, 0.1) is 0 Å². The maximum atomic E-state index is 12.0. The van der Waals surface area contributed by atoms with Gasteiger partial charge in [-0.25, -0.2) is 0 Å². The Kier molecular flexibility index (Phi) is 6.01. The molecule has 1 N–H and O–H groups in total. The van der Waals surface area contributed by atoms with E-state index in [1.807, 2.05) is 42.5 Å². The van der Waals surface area contributed by atoms with Crippen LogP contribution in [0.25, 0.3) is 0 Å². The van der Waals surface area contributed by atoms with Crippen LogP contribution in [0.15, 0.2) is 46.9 Å². The lowest BCUT2D eigenvalue weighted by atomic mass is 10.1. The Hall–Kier alpha value is -1.81. The lowest BCUT2D eigenvalue weighted by Gasteiger charge is -2.11. The maximum absolute atomic E-state index is 12.0. The summed E-state index contributed by atoms with van der Waals surface area (Å²) in [5, 5.41) is 2.84. The molecule has 0 aliphatic rings. The van der Waals surface area contributed by atoms with E-state index in [1.165, 1.54) is 5.56 Å². The van der Waals surface area contributed by atoms with Crippen molar-refractivity contribution in [1.82, 2.24) is 0 Å². The molecule has 2 aromatic carbocycles. The third-order valence-electron chi connectivity index (χ3n) is 3.41. The molecule has 0 fully saturated rings. The molecule has 0 aliphatic carbocycles. The molecular formula is C18H20BrNO2. The number of benzene rings is 2. The average molecular weight is 362 g/mol. The zero-order valence-corrected chi connectivity index (χ0v) is 14.4. The number of carbonyl (C=O) groups excluding carboxylic acids is 1. The van der Waals surface area contributed by atoms with Crippen molar-refractivity contribution in [3.05, 3.63) is 58.1 Å². The average Bonchev–Trinajstić information content (AvgIpc) is 2.54. The molecule has 0 radical (unpaired) electrons. The van der Waals surface area contributed by atoms with Crippen LogP contribution in [0.3, 0.4) is 0 Å². The van der Waals surface area contributed by atoms with Gasteiger partial charge in [-0.05, 0) is 54.3 Å². The molecule has 0 spiro atoms. The van der Waals surface area contributed by atoms with E-state index in [1.54, 1.807) is 0 Å². The first-order chi connectivity index (χ1) is 10.6. The van der Waals surface area contributed by atoms with Crippen molar-refractivity contribution < 1.29 is 9.53 Å². The Morgan fingerprint density at radius 2 is 1.82 bits per heavy atom. The minimum Gasteiger partial charge on any atom is -0.483 e. The van der Waals surface area contributed by atoms with Crippen LogP contribution in [0.2, 0.25) is 0 Å². The van der Waals surface area contributed by atoms with Crippen molar-refractivity contribution in [2.75, 3.05) is 11.9 Å². The van der Waals surface area contributed by atoms with E-state index in [4.69, 9.17) is 4.74 Å². The molecule has 0 aliphatic heterocycles. The highest BCUT2D eigenvalue weighted by Gasteiger charge is 2.07. The molecule has 2 rings (SSSR count). The second-order valence-corrected chi connectivity index (χ2v) is 5.91. The maximum Gasteiger partial charge on any atom is 0.262 e. The first kappa shape index (κ1) is 16.6. The number of amides is 1. The monoisotopic (exact) mass is 361 g/mol. The predicted molar refractivity (Wildman–Crippen MR) is 93.5 cm³/mol. The summed E-state index contributed by atoms with van der Waals surface area (Å²) in [6.45, 7) is 4.17. The number of hydrogen-bond donors (Lipinski definition) is 1. The summed E-state index contributed by atoms with van der Waals surface area (Å²) in [4.78, 5) is 12.0. The normalized spacial score (nSPS) is 10.3. The van der Waals surface area contributed by atoms with Gasteiger partial charge in [-0.1, -0.05) is 41.9 Å². The molecule has 22 heavy (non-hydrogen) atoms. The SMILES string of the molecule is CCc1ccc(NC(=O)COc2ccc(Br)cc2CC)cc1. The summed E-state index contributed by atoms with van der Waals surface area (Å²) in [6.07, 6.45) is 1.84. The molecule has 0 heterocycles. The van der Waals surface area contributed by atoms with E-state index < -0.39 is 0 Å². The van der Waals surface area contributed by atoms with Gasteiger partial charge >= 0.3 is 0 Å². The second kappa shape index (κ2) is 7.99. The van der Waals surface area contributed by atoms with Crippen LogP contribution in [0.1, 0.15) is 25.0 Å².